The molecule has 1 aromatic rings. The van der Waals surface area contributed by atoms with E-state index in [0.29, 0.717) is 12.5 Å². The van der Waals surface area contributed by atoms with Gasteiger partial charge in [-0.2, -0.15) is 0 Å². The number of hydrogen-bond donors (Lipinski definition) is 1. The molecule has 1 aromatic heterocycles. The molecule has 0 amide bonds. The number of aromatic nitrogens is 2. The normalized spacial score (nSPS) is 10.1. The Hall–Kier alpha value is -1.58. The maximum absolute atomic E-state index is 5.71. The molecule has 1 N–H and O–H groups in total. The zero-order chi connectivity index (χ0) is 13.2. The first kappa shape index (κ1) is 14.5. The molecule has 0 saturated heterocycles. The zero-order valence-corrected chi connectivity index (χ0v) is 11.4. The van der Waals surface area contributed by atoms with Crippen LogP contribution in [0.4, 0.5) is 5.82 Å². The van der Waals surface area contributed by atoms with E-state index in [9.17, 15) is 0 Å². The summed E-state index contributed by atoms with van der Waals surface area (Å²) >= 11 is 0. The first-order valence-corrected chi connectivity index (χ1v) is 6.64. The van der Waals surface area contributed by atoms with Crippen LogP contribution in [0, 0.1) is 0 Å². The highest BCUT2D eigenvalue weighted by atomic mass is 16.5. The number of rotatable bonds is 9. The summed E-state index contributed by atoms with van der Waals surface area (Å²) in [5.74, 6) is 1.60. The van der Waals surface area contributed by atoms with Crippen LogP contribution in [0.1, 0.15) is 38.7 Å². The summed E-state index contributed by atoms with van der Waals surface area (Å²) in [7, 11) is 0. The first-order valence-electron chi connectivity index (χ1n) is 6.64. The molecular formula is C14H23N3O. The summed E-state index contributed by atoms with van der Waals surface area (Å²) in [4.78, 5) is 8.49. The second kappa shape index (κ2) is 8.50. The van der Waals surface area contributed by atoms with Crippen LogP contribution in [-0.2, 0) is 6.42 Å². The van der Waals surface area contributed by atoms with E-state index in [1.165, 1.54) is 0 Å². The van der Waals surface area contributed by atoms with Crippen LogP contribution < -0.4 is 10.1 Å². The van der Waals surface area contributed by atoms with Gasteiger partial charge in [-0.05, 0) is 25.7 Å². The summed E-state index contributed by atoms with van der Waals surface area (Å²) in [6.07, 6.45) is 7.33. The Kier molecular flexibility index (Phi) is 6.84. The minimum absolute atomic E-state index is 0.670. The molecular weight excluding hydrogens is 226 g/mol. The molecule has 4 nitrogen and oxygen atoms in total. The minimum Gasteiger partial charge on any atom is -0.477 e. The van der Waals surface area contributed by atoms with Gasteiger partial charge in [0.1, 0.15) is 12.1 Å². The molecule has 0 radical (unpaired) electrons. The lowest BCUT2D eigenvalue weighted by Gasteiger charge is -2.13. The molecule has 1 rings (SSSR count). The Morgan fingerprint density at radius 2 is 2.22 bits per heavy atom. The molecule has 0 aromatic carbocycles. The Bertz CT molecular complexity index is 366. The Labute approximate surface area is 109 Å². The van der Waals surface area contributed by atoms with Gasteiger partial charge in [-0.25, -0.2) is 9.97 Å². The maximum Gasteiger partial charge on any atom is 0.221 e. The van der Waals surface area contributed by atoms with Gasteiger partial charge in [0.25, 0.3) is 0 Å². The lowest BCUT2D eigenvalue weighted by atomic mass is 10.2. The Morgan fingerprint density at radius 1 is 1.39 bits per heavy atom. The number of allylic oxidation sites excluding steroid dienone is 1. The highest BCUT2D eigenvalue weighted by Gasteiger charge is 2.10. The number of nitrogens with zero attached hydrogens (tertiary/aromatic N) is 2. The topological polar surface area (TPSA) is 47.0 Å². The van der Waals surface area contributed by atoms with Crippen molar-refractivity contribution in [2.75, 3.05) is 18.5 Å². The van der Waals surface area contributed by atoms with Crippen LogP contribution in [0.15, 0.2) is 19.0 Å². The molecule has 100 valence electrons. The van der Waals surface area contributed by atoms with Crippen LogP contribution in [-0.4, -0.2) is 23.1 Å². The van der Waals surface area contributed by atoms with E-state index < -0.39 is 0 Å². The van der Waals surface area contributed by atoms with Crippen molar-refractivity contribution >= 4 is 5.82 Å². The van der Waals surface area contributed by atoms with E-state index in [2.05, 4.69) is 35.7 Å². The largest absolute Gasteiger partial charge is 0.477 e. The van der Waals surface area contributed by atoms with Gasteiger partial charge >= 0.3 is 0 Å². The van der Waals surface area contributed by atoms with E-state index in [0.717, 1.165) is 43.6 Å². The molecule has 4 heteroatoms. The van der Waals surface area contributed by atoms with Crippen LogP contribution in [0.5, 0.6) is 5.88 Å². The summed E-state index contributed by atoms with van der Waals surface area (Å²) in [5.41, 5.74) is 1.06. The highest BCUT2D eigenvalue weighted by Crippen LogP contribution is 2.22. The second-order valence-electron chi connectivity index (χ2n) is 4.07. The van der Waals surface area contributed by atoms with Gasteiger partial charge in [-0.3, -0.25) is 0 Å². The van der Waals surface area contributed by atoms with Gasteiger partial charge in [-0.15, -0.1) is 6.58 Å². The summed E-state index contributed by atoms with van der Waals surface area (Å²) in [6, 6.07) is 0. The first-order chi connectivity index (χ1) is 8.83. The Balaban J connectivity index is 2.67. The fourth-order valence-electron chi connectivity index (χ4n) is 1.63. The van der Waals surface area contributed by atoms with Gasteiger partial charge in [0.15, 0.2) is 0 Å². The predicted octanol–water partition coefficient (Wildman–Crippen LogP) is 3.21. The molecule has 1 heterocycles. The van der Waals surface area contributed by atoms with Crippen molar-refractivity contribution in [3.8, 4) is 5.88 Å². The minimum atomic E-state index is 0.670. The van der Waals surface area contributed by atoms with E-state index in [-0.39, 0.29) is 0 Å². The molecule has 0 aliphatic carbocycles. The van der Waals surface area contributed by atoms with Gasteiger partial charge in [0, 0.05) is 6.54 Å². The van der Waals surface area contributed by atoms with E-state index >= 15 is 0 Å². The van der Waals surface area contributed by atoms with Crippen LogP contribution in [0.3, 0.4) is 0 Å². The van der Waals surface area contributed by atoms with Crippen LogP contribution in [0.2, 0.25) is 0 Å². The van der Waals surface area contributed by atoms with Gasteiger partial charge in [-0.1, -0.05) is 19.9 Å². The number of ether oxygens (including phenoxy) is 1. The number of hydrogen-bond acceptors (Lipinski definition) is 4. The van der Waals surface area contributed by atoms with E-state index in [1.807, 2.05) is 6.08 Å². The molecule has 0 unspecified atom stereocenters. The SMILES string of the molecule is C=CCCCOc1ncnc(NCCC)c1CC. The van der Waals surface area contributed by atoms with Crippen LogP contribution in [0.25, 0.3) is 0 Å². The van der Waals surface area contributed by atoms with Crippen molar-refractivity contribution in [2.45, 2.75) is 39.5 Å². The number of unbranched alkanes of at least 4 members (excludes halogenated alkanes) is 1. The Morgan fingerprint density at radius 3 is 2.89 bits per heavy atom. The molecule has 0 spiro atoms. The lowest BCUT2D eigenvalue weighted by Crippen LogP contribution is -2.09. The quantitative estimate of drug-likeness (QED) is 0.539. The molecule has 0 saturated carbocycles. The fraction of sp³-hybridized carbons (Fsp3) is 0.571. The third kappa shape index (κ3) is 4.35. The molecule has 0 bridgehead atoms. The summed E-state index contributed by atoms with van der Waals surface area (Å²) in [5, 5.41) is 3.31. The van der Waals surface area contributed by atoms with Gasteiger partial charge in [0.05, 0.1) is 12.2 Å². The third-order valence-electron chi connectivity index (χ3n) is 2.59. The van der Waals surface area contributed by atoms with Crippen LogP contribution >= 0.6 is 0 Å². The molecule has 0 aliphatic heterocycles. The zero-order valence-electron chi connectivity index (χ0n) is 11.4. The molecule has 0 atom stereocenters. The lowest BCUT2D eigenvalue weighted by molar-refractivity contribution is 0.297. The fourth-order valence-corrected chi connectivity index (χ4v) is 1.63. The molecule has 0 fully saturated rings. The van der Waals surface area contributed by atoms with Crippen molar-refractivity contribution < 1.29 is 4.74 Å². The average Bonchev–Trinajstić information content (AvgIpc) is 2.41. The average molecular weight is 249 g/mol. The highest BCUT2D eigenvalue weighted by molar-refractivity contribution is 5.48. The van der Waals surface area contributed by atoms with Crippen molar-refractivity contribution in [2.24, 2.45) is 0 Å². The van der Waals surface area contributed by atoms with Crippen molar-refractivity contribution in [1.29, 1.82) is 0 Å². The summed E-state index contributed by atoms with van der Waals surface area (Å²) in [6.45, 7) is 9.50. The molecule has 18 heavy (non-hydrogen) atoms. The number of anilines is 1. The van der Waals surface area contributed by atoms with Crippen molar-refractivity contribution in [1.82, 2.24) is 9.97 Å². The monoisotopic (exact) mass is 249 g/mol. The third-order valence-corrected chi connectivity index (χ3v) is 2.59. The summed E-state index contributed by atoms with van der Waals surface area (Å²) < 4.78 is 5.71. The second-order valence-corrected chi connectivity index (χ2v) is 4.07. The predicted molar refractivity (Wildman–Crippen MR) is 75.1 cm³/mol. The van der Waals surface area contributed by atoms with Gasteiger partial charge in [0.2, 0.25) is 5.88 Å². The number of nitrogens with one attached hydrogen (secondary N) is 1. The van der Waals surface area contributed by atoms with Crippen molar-refractivity contribution in [3.05, 3.63) is 24.5 Å². The smallest absolute Gasteiger partial charge is 0.221 e. The standard InChI is InChI=1S/C14H23N3O/c1-4-7-8-10-18-14-12(6-3)13(15-9-5-2)16-11-17-14/h4,11H,1,5-10H2,2-3H3,(H,15,16,17). The van der Waals surface area contributed by atoms with E-state index in [1.54, 1.807) is 6.33 Å². The molecule has 0 aliphatic rings. The maximum atomic E-state index is 5.71. The van der Waals surface area contributed by atoms with Gasteiger partial charge < -0.3 is 10.1 Å². The van der Waals surface area contributed by atoms with Crippen molar-refractivity contribution in [3.63, 3.8) is 0 Å². The van der Waals surface area contributed by atoms with E-state index in [4.69, 9.17) is 4.74 Å².